The first-order chi connectivity index (χ1) is 4.63. The Bertz CT molecular complexity index is 229. The van der Waals surface area contributed by atoms with Crippen LogP contribution >= 0.6 is 0 Å². The van der Waals surface area contributed by atoms with Crippen LogP contribution in [0.5, 0.6) is 0 Å². The molecule has 1 rings (SSSR count). The molecule has 0 radical (unpaired) electrons. The first kappa shape index (κ1) is 7.18. The molecule has 3 nitrogen and oxygen atoms in total. The smallest absolute Gasteiger partial charge is 0.222 e. The van der Waals surface area contributed by atoms with E-state index in [-0.39, 0.29) is 11.9 Å². The van der Waals surface area contributed by atoms with Crippen LogP contribution in [0.4, 0.5) is 4.39 Å². The van der Waals surface area contributed by atoms with Crippen molar-refractivity contribution < 1.29 is 4.39 Å². The lowest BCUT2D eigenvalue weighted by Crippen LogP contribution is -1.96. The van der Waals surface area contributed by atoms with Crippen LogP contribution in [0.25, 0.3) is 0 Å². The molecule has 0 unspecified atom stereocenters. The van der Waals surface area contributed by atoms with E-state index in [0.29, 0.717) is 5.69 Å². The summed E-state index contributed by atoms with van der Waals surface area (Å²) in [5, 5.41) is 7.18. The fraction of sp³-hybridized carbons (Fsp3) is 0.667. The summed E-state index contributed by atoms with van der Waals surface area (Å²) in [4.78, 5) is 0. The quantitative estimate of drug-likeness (QED) is 0.589. The number of nitrogens with zero attached hydrogens (tertiary/aromatic N) is 3. The van der Waals surface area contributed by atoms with Crippen molar-refractivity contribution in [3.8, 4) is 0 Å². The van der Waals surface area contributed by atoms with Gasteiger partial charge in [-0.3, -0.25) is 0 Å². The highest BCUT2D eigenvalue weighted by Gasteiger charge is 2.12. The van der Waals surface area contributed by atoms with Gasteiger partial charge in [-0.15, -0.1) is 5.10 Å². The summed E-state index contributed by atoms with van der Waals surface area (Å²) in [6.07, 6.45) is 0. The minimum atomic E-state index is -0.338. The van der Waals surface area contributed by atoms with E-state index >= 15 is 0 Å². The molecule has 0 bridgehead atoms. The van der Waals surface area contributed by atoms with Gasteiger partial charge in [0.25, 0.3) is 0 Å². The molecule has 0 N–H and O–H groups in total. The Hall–Kier alpha value is -0.930. The van der Waals surface area contributed by atoms with Crippen molar-refractivity contribution in [3.63, 3.8) is 0 Å². The molecule has 0 aromatic carbocycles. The average molecular weight is 143 g/mol. The zero-order chi connectivity index (χ0) is 7.72. The summed E-state index contributed by atoms with van der Waals surface area (Å²) >= 11 is 0. The van der Waals surface area contributed by atoms with Crippen molar-refractivity contribution in [1.29, 1.82) is 0 Å². The van der Waals surface area contributed by atoms with Gasteiger partial charge < -0.3 is 0 Å². The summed E-state index contributed by atoms with van der Waals surface area (Å²) in [5.74, 6) is -0.233. The van der Waals surface area contributed by atoms with Gasteiger partial charge in [0.05, 0.1) is 0 Å². The van der Waals surface area contributed by atoms with Crippen LogP contribution in [0, 0.1) is 5.95 Å². The lowest BCUT2D eigenvalue weighted by atomic mass is 10.1. The number of hydrogen-bond acceptors (Lipinski definition) is 2. The van der Waals surface area contributed by atoms with Crippen molar-refractivity contribution in [2.24, 2.45) is 7.05 Å². The summed E-state index contributed by atoms with van der Waals surface area (Å²) in [6, 6.07) is 0. The minimum Gasteiger partial charge on any atom is -0.222 e. The lowest BCUT2D eigenvalue weighted by molar-refractivity contribution is 0.490. The zero-order valence-corrected chi connectivity index (χ0v) is 6.30. The summed E-state index contributed by atoms with van der Waals surface area (Å²) < 4.78 is 14.0. The third-order valence-electron chi connectivity index (χ3n) is 1.33. The first-order valence-electron chi connectivity index (χ1n) is 3.18. The topological polar surface area (TPSA) is 30.7 Å². The predicted octanol–water partition coefficient (Wildman–Crippen LogP) is 1.08. The van der Waals surface area contributed by atoms with Crippen LogP contribution in [0.3, 0.4) is 0 Å². The van der Waals surface area contributed by atoms with E-state index in [1.54, 1.807) is 0 Å². The zero-order valence-electron chi connectivity index (χ0n) is 6.30. The molecule has 56 valence electrons. The third kappa shape index (κ3) is 1.01. The largest absolute Gasteiger partial charge is 0.234 e. The predicted molar refractivity (Wildman–Crippen MR) is 35.0 cm³/mol. The second-order valence-electron chi connectivity index (χ2n) is 2.54. The monoisotopic (exact) mass is 143 g/mol. The second kappa shape index (κ2) is 2.36. The van der Waals surface area contributed by atoms with Gasteiger partial charge in [-0.05, 0) is 0 Å². The van der Waals surface area contributed by atoms with E-state index in [2.05, 4.69) is 10.3 Å². The minimum absolute atomic E-state index is 0.105. The highest BCUT2D eigenvalue weighted by Crippen LogP contribution is 2.12. The molecular weight excluding hydrogens is 133 g/mol. The molecule has 4 heteroatoms. The van der Waals surface area contributed by atoms with Gasteiger partial charge in [0.15, 0.2) is 0 Å². The molecule has 0 spiro atoms. The fourth-order valence-corrected chi connectivity index (χ4v) is 0.715. The van der Waals surface area contributed by atoms with Crippen molar-refractivity contribution in [3.05, 3.63) is 11.6 Å². The highest BCUT2D eigenvalue weighted by atomic mass is 19.1. The van der Waals surface area contributed by atoms with Crippen molar-refractivity contribution in [2.45, 2.75) is 19.8 Å². The molecule has 0 aliphatic heterocycles. The number of aryl methyl sites for hydroxylation is 1. The molecule has 0 fully saturated rings. The molecule has 0 saturated heterocycles. The van der Waals surface area contributed by atoms with Gasteiger partial charge in [-0.25, -0.2) is 4.68 Å². The SMILES string of the molecule is CC(C)c1nnn(C)c1F. The standard InChI is InChI=1S/C6H10FN3/c1-4(2)5-6(7)10(3)9-8-5/h4H,1-3H3. The van der Waals surface area contributed by atoms with Crippen molar-refractivity contribution in [2.75, 3.05) is 0 Å². The third-order valence-corrected chi connectivity index (χ3v) is 1.33. The normalized spacial score (nSPS) is 10.9. The Morgan fingerprint density at radius 1 is 1.50 bits per heavy atom. The maximum absolute atomic E-state index is 12.9. The van der Waals surface area contributed by atoms with Crippen LogP contribution in [0.2, 0.25) is 0 Å². The lowest BCUT2D eigenvalue weighted by Gasteiger charge is -1.96. The molecule has 0 saturated carbocycles. The van der Waals surface area contributed by atoms with E-state index in [0.717, 1.165) is 4.68 Å². The molecule has 10 heavy (non-hydrogen) atoms. The summed E-state index contributed by atoms with van der Waals surface area (Å²) in [5.41, 5.74) is 0.433. The van der Waals surface area contributed by atoms with Crippen LogP contribution < -0.4 is 0 Å². The van der Waals surface area contributed by atoms with Crippen LogP contribution in [-0.4, -0.2) is 15.0 Å². The van der Waals surface area contributed by atoms with Gasteiger partial charge in [-0.2, -0.15) is 4.39 Å². The van der Waals surface area contributed by atoms with Crippen LogP contribution in [0.15, 0.2) is 0 Å². The summed E-state index contributed by atoms with van der Waals surface area (Å²) in [6.45, 7) is 3.76. The Morgan fingerprint density at radius 3 is 2.30 bits per heavy atom. The molecule has 0 aliphatic carbocycles. The molecule has 1 aromatic heterocycles. The molecule has 0 atom stereocenters. The van der Waals surface area contributed by atoms with E-state index in [1.165, 1.54) is 7.05 Å². The fourth-order valence-electron chi connectivity index (χ4n) is 0.715. The molecule has 0 amide bonds. The maximum atomic E-state index is 12.9. The number of aromatic nitrogens is 3. The Balaban J connectivity index is 3.05. The first-order valence-corrected chi connectivity index (χ1v) is 3.18. The van der Waals surface area contributed by atoms with Gasteiger partial charge in [-0.1, -0.05) is 19.1 Å². The maximum Gasteiger partial charge on any atom is 0.234 e. The van der Waals surface area contributed by atoms with E-state index in [1.807, 2.05) is 13.8 Å². The van der Waals surface area contributed by atoms with E-state index < -0.39 is 0 Å². The molecular formula is C6H10FN3. The average Bonchev–Trinajstić information content (AvgIpc) is 2.14. The van der Waals surface area contributed by atoms with Crippen molar-refractivity contribution in [1.82, 2.24) is 15.0 Å². The van der Waals surface area contributed by atoms with E-state index in [4.69, 9.17) is 0 Å². The molecule has 0 aliphatic rings. The van der Waals surface area contributed by atoms with Crippen molar-refractivity contribution >= 4 is 0 Å². The van der Waals surface area contributed by atoms with Gasteiger partial charge in [0.2, 0.25) is 5.95 Å². The summed E-state index contributed by atoms with van der Waals surface area (Å²) in [7, 11) is 1.54. The molecule has 1 heterocycles. The van der Waals surface area contributed by atoms with E-state index in [9.17, 15) is 4.39 Å². The van der Waals surface area contributed by atoms with Crippen LogP contribution in [-0.2, 0) is 7.05 Å². The Kier molecular flexibility index (Phi) is 1.70. The molecule has 1 aromatic rings. The van der Waals surface area contributed by atoms with Gasteiger partial charge >= 0.3 is 0 Å². The number of rotatable bonds is 1. The van der Waals surface area contributed by atoms with Gasteiger partial charge in [0, 0.05) is 13.0 Å². The second-order valence-corrected chi connectivity index (χ2v) is 2.54. The number of halogens is 1. The number of hydrogen-bond donors (Lipinski definition) is 0. The highest BCUT2D eigenvalue weighted by molar-refractivity contribution is 5.00. The van der Waals surface area contributed by atoms with Gasteiger partial charge in [0.1, 0.15) is 5.69 Å². The van der Waals surface area contributed by atoms with Crippen LogP contribution in [0.1, 0.15) is 25.5 Å². The Labute approximate surface area is 58.9 Å². The Morgan fingerprint density at radius 2 is 2.10 bits per heavy atom.